The fraction of sp³-hybridized carbons (Fsp3) is 0.462. The van der Waals surface area contributed by atoms with Gasteiger partial charge in [-0.2, -0.15) is 11.8 Å². The lowest BCUT2D eigenvalue weighted by atomic mass is 10.1. The molecule has 0 aliphatic rings. The van der Waals surface area contributed by atoms with Gasteiger partial charge in [0.25, 0.3) is 5.69 Å². The molecule has 20 heavy (non-hydrogen) atoms. The van der Waals surface area contributed by atoms with E-state index in [9.17, 15) is 14.9 Å². The Balaban J connectivity index is 2.33. The van der Waals surface area contributed by atoms with E-state index in [0.717, 1.165) is 11.3 Å². The molecule has 1 rings (SSSR count). The van der Waals surface area contributed by atoms with Crippen molar-refractivity contribution >= 4 is 23.4 Å². The van der Waals surface area contributed by atoms with E-state index in [2.05, 4.69) is 5.32 Å². The number of thioether (sulfide) groups is 1. The molecule has 6 nitrogen and oxygen atoms in total. The molecule has 3 N–H and O–H groups in total. The first kappa shape index (κ1) is 16.5. The standard InChI is InChI=1S/C13H19N3O3S/c1-20-9-7-12(14)13(17)15-8-6-10-2-4-11(5-3-10)16(18)19/h2-5,12H,6-9,14H2,1H3,(H,15,17)/t12-/m1/s1. The van der Waals surface area contributed by atoms with Crippen LogP contribution in [0.15, 0.2) is 24.3 Å². The van der Waals surface area contributed by atoms with Crippen molar-refractivity contribution in [2.45, 2.75) is 18.9 Å². The Morgan fingerprint density at radius 1 is 1.45 bits per heavy atom. The molecule has 0 saturated carbocycles. The Bertz CT molecular complexity index is 451. The van der Waals surface area contributed by atoms with Crippen LogP contribution in [0.3, 0.4) is 0 Å². The van der Waals surface area contributed by atoms with E-state index in [-0.39, 0.29) is 11.6 Å². The molecule has 1 aromatic carbocycles. The summed E-state index contributed by atoms with van der Waals surface area (Å²) in [6.45, 7) is 0.476. The third-order valence-electron chi connectivity index (χ3n) is 2.83. The summed E-state index contributed by atoms with van der Waals surface area (Å²) in [5.41, 5.74) is 6.74. The van der Waals surface area contributed by atoms with Gasteiger partial charge in [0.1, 0.15) is 0 Å². The van der Waals surface area contributed by atoms with Gasteiger partial charge in [0.15, 0.2) is 0 Å². The third kappa shape index (κ3) is 5.58. The summed E-state index contributed by atoms with van der Waals surface area (Å²) in [4.78, 5) is 21.7. The number of amides is 1. The summed E-state index contributed by atoms with van der Waals surface area (Å²) < 4.78 is 0. The highest BCUT2D eigenvalue weighted by Crippen LogP contribution is 2.11. The number of hydrogen-bond donors (Lipinski definition) is 2. The molecule has 1 atom stereocenters. The minimum atomic E-state index is -0.473. The number of nitro benzene ring substituents is 1. The number of carbonyl (C=O) groups excluding carboxylic acids is 1. The fourth-order valence-electron chi connectivity index (χ4n) is 1.62. The molecule has 0 unspecified atom stereocenters. The molecule has 7 heteroatoms. The Kier molecular flexibility index (Phi) is 7.03. The Hall–Kier alpha value is -1.60. The van der Waals surface area contributed by atoms with Gasteiger partial charge in [-0.15, -0.1) is 0 Å². The number of hydrogen-bond acceptors (Lipinski definition) is 5. The van der Waals surface area contributed by atoms with Crippen molar-refractivity contribution in [1.29, 1.82) is 0 Å². The average Bonchev–Trinajstić information content (AvgIpc) is 2.45. The molecule has 1 amide bonds. The van der Waals surface area contributed by atoms with Crippen LogP contribution < -0.4 is 11.1 Å². The lowest BCUT2D eigenvalue weighted by Crippen LogP contribution is -2.41. The lowest BCUT2D eigenvalue weighted by molar-refractivity contribution is -0.384. The van der Waals surface area contributed by atoms with Crippen LogP contribution >= 0.6 is 11.8 Å². The largest absolute Gasteiger partial charge is 0.354 e. The molecule has 0 spiro atoms. The second-order valence-electron chi connectivity index (χ2n) is 4.35. The van der Waals surface area contributed by atoms with Crippen molar-refractivity contribution in [2.75, 3.05) is 18.6 Å². The van der Waals surface area contributed by atoms with Crippen LogP contribution in [0.4, 0.5) is 5.69 Å². The van der Waals surface area contributed by atoms with Crippen molar-refractivity contribution in [3.8, 4) is 0 Å². The number of non-ortho nitro benzene ring substituents is 1. The van der Waals surface area contributed by atoms with Crippen molar-refractivity contribution in [3.63, 3.8) is 0 Å². The van der Waals surface area contributed by atoms with E-state index in [1.54, 1.807) is 23.9 Å². The summed E-state index contributed by atoms with van der Waals surface area (Å²) in [7, 11) is 0. The van der Waals surface area contributed by atoms with Gasteiger partial charge in [-0.05, 0) is 30.4 Å². The highest BCUT2D eigenvalue weighted by Gasteiger charge is 2.12. The summed E-state index contributed by atoms with van der Waals surface area (Å²) in [6, 6.07) is 5.83. The van der Waals surface area contributed by atoms with Crippen LogP contribution in [-0.2, 0) is 11.2 Å². The van der Waals surface area contributed by atoms with Crippen molar-refractivity contribution in [1.82, 2.24) is 5.32 Å². The van der Waals surface area contributed by atoms with Crippen LogP contribution in [-0.4, -0.2) is 35.4 Å². The molecular formula is C13H19N3O3S. The van der Waals surface area contributed by atoms with Gasteiger partial charge < -0.3 is 11.1 Å². The summed E-state index contributed by atoms with van der Waals surface area (Å²) >= 11 is 1.66. The van der Waals surface area contributed by atoms with E-state index in [4.69, 9.17) is 5.73 Å². The number of nitrogens with one attached hydrogen (secondary N) is 1. The lowest BCUT2D eigenvalue weighted by Gasteiger charge is -2.11. The predicted molar refractivity (Wildman–Crippen MR) is 80.8 cm³/mol. The molecule has 0 saturated heterocycles. The van der Waals surface area contributed by atoms with E-state index in [1.807, 2.05) is 6.26 Å². The van der Waals surface area contributed by atoms with E-state index < -0.39 is 11.0 Å². The first-order chi connectivity index (χ1) is 9.54. The molecule has 0 radical (unpaired) electrons. The molecule has 1 aromatic rings. The van der Waals surface area contributed by atoms with Crippen LogP contribution in [0.5, 0.6) is 0 Å². The van der Waals surface area contributed by atoms with Gasteiger partial charge in [0.05, 0.1) is 11.0 Å². The zero-order chi connectivity index (χ0) is 15.0. The van der Waals surface area contributed by atoms with Gasteiger partial charge in [0.2, 0.25) is 5.91 Å². The Labute approximate surface area is 122 Å². The van der Waals surface area contributed by atoms with Gasteiger partial charge in [0, 0.05) is 18.7 Å². The smallest absolute Gasteiger partial charge is 0.269 e. The number of rotatable bonds is 8. The van der Waals surface area contributed by atoms with E-state index >= 15 is 0 Å². The number of benzene rings is 1. The van der Waals surface area contributed by atoms with Crippen LogP contribution in [0.2, 0.25) is 0 Å². The summed E-state index contributed by atoms with van der Waals surface area (Å²) in [6.07, 6.45) is 3.25. The van der Waals surface area contributed by atoms with Crippen LogP contribution in [0, 0.1) is 10.1 Å². The maximum Gasteiger partial charge on any atom is 0.269 e. The number of carbonyl (C=O) groups is 1. The van der Waals surface area contributed by atoms with E-state index in [1.165, 1.54) is 12.1 Å². The monoisotopic (exact) mass is 297 g/mol. The maximum atomic E-state index is 11.6. The van der Waals surface area contributed by atoms with Gasteiger partial charge in [-0.25, -0.2) is 0 Å². The molecule has 0 aliphatic carbocycles. The van der Waals surface area contributed by atoms with Crippen molar-refractivity contribution in [3.05, 3.63) is 39.9 Å². The minimum Gasteiger partial charge on any atom is -0.354 e. The zero-order valence-corrected chi connectivity index (χ0v) is 12.2. The number of nitrogens with zero attached hydrogens (tertiary/aromatic N) is 1. The molecule has 0 fully saturated rings. The average molecular weight is 297 g/mol. The SMILES string of the molecule is CSCC[C@@H](N)C(=O)NCCc1ccc([N+](=O)[O-])cc1. The predicted octanol–water partition coefficient (Wildman–Crippen LogP) is 1.33. The van der Waals surface area contributed by atoms with Crippen molar-refractivity contribution in [2.24, 2.45) is 5.73 Å². The second kappa shape index (κ2) is 8.55. The van der Waals surface area contributed by atoms with Crippen LogP contribution in [0.25, 0.3) is 0 Å². The topological polar surface area (TPSA) is 98.3 Å². The summed E-state index contributed by atoms with van der Waals surface area (Å²) in [5.74, 6) is 0.706. The Morgan fingerprint density at radius 3 is 2.65 bits per heavy atom. The van der Waals surface area contributed by atoms with Gasteiger partial charge in [-0.1, -0.05) is 12.1 Å². The van der Waals surface area contributed by atoms with Gasteiger partial charge in [-0.3, -0.25) is 14.9 Å². The number of nitro groups is 1. The molecule has 0 aliphatic heterocycles. The highest BCUT2D eigenvalue weighted by molar-refractivity contribution is 7.98. The fourth-order valence-corrected chi connectivity index (χ4v) is 2.11. The first-order valence-corrected chi connectivity index (χ1v) is 7.69. The van der Waals surface area contributed by atoms with Gasteiger partial charge >= 0.3 is 0 Å². The molecule has 110 valence electrons. The molecular weight excluding hydrogens is 278 g/mol. The van der Waals surface area contributed by atoms with E-state index in [0.29, 0.717) is 19.4 Å². The normalized spacial score (nSPS) is 11.9. The molecule has 0 aromatic heterocycles. The molecule has 0 heterocycles. The minimum absolute atomic E-state index is 0.0665. The van der Waals surface area contributed by atoms with Crippen molar-refractivity contribution < 1.29 is 9.72 Å². The molecule has 0 bridgehead atoms. The summed E-state index contributed by atoms with van der Waals surface area (Å²) in [5, 5.41) is 13.3. The highest BCUT2D eigenvalue weighted by atomic mass is 32.2. The quantitative estimate of drug-likeness (QED) is 0.557. The van der Waals surface area contributed by atoms with Crippen LogP contribution in [0.1, 0.15) is 12.0 Å². The first-order valence-electron chi connectivity index (χ1n) is 6.30. The second-order valence-corrected chi connectivity index (χ2v) is 5.34. The number of nitrogens with two attached hydrogens (primary N) is 1. The third-order valence-corrected chi connectivity index (χ3v) is 3.47. The zero-order valence-electron chi connectivity index (χ0n) is 11.4. The Morgan fingerprint density at radius 2 is 2.10 bits per heavy atom. The maximum absolute atomic E-state index is 11.6.